The Morgan fingerprint density at radius 2 is 2.29 bits per heavy atom. The van der Waals surface area contributed by atoms with E-state index in [0.717, 1.165) is 4.88 Å². The van der Waals surface area contributed by atoms with Crippen molar-refractivity contribution in [2.24, 2.45) is 0 Å². The molecular formula is C13H16N4O3S. The minimum absolute atomic E-state index is 0.0443. The Hall–Kier alpha value is -2.22. The first-order chi connectivity index (χ1) is 10.1. The average Bonchev–Trinajstić information content (AvgIpc) is 3.09. The van der Waals surface area contributed by atoms with Crippen molar-refractivity contribution in [2.75, 3.05) is 13.6 Å². The van der Waals surface area contributed by atoms with E-state index in [9.17, 15) is 9.59 Å². The van der Waals surface area contributed by atoms with Gasteiger partial charge in [0.2, 0.25) is 0 Å². The first kappa shape index (κ1) is 15.2. The lowest BCUT2D eigenvalue weighted by molar-refractivity contribution is -0.137. The lowest BCUT2D eigenvalue weighted by Crippen LogP contribution is -2.28. The Morgan fingerprint density at radius 3 is 2.95 bits per heavy atom. The third kappa shape index (κ3) is 4.38. The molecule has 2 heterocycles. The first-order valence-electron chi connectivity index (χ1n) is 6.46. The van der Waals surface area contributed by atoms with Gasteiger partial charge in [-0.05, 0) is 17.9 Å². The number of nitrogens with zero attached hydrogens (tertiary/aromatic N) is 4. The van der Waals surface area contributed by atoms with Crippen LogP contribution in [0.15, 0.2) is 23.7 Å². The summed E-state index contributed by atoms with van der Waals surface area (Å²) < 4.78 is 1.62. The highest BCUT2D eigenvalue weighted by molar-refractivity contribution is 7.09. The molecular weight excluding hydrogens is 292 g/mol. The van der Waals surface area contributed by atoms with Gasteiger partial charge in [-0.1, -0.05) is 11.3 Å². The van der Waals surface area contributed by atoms with Crippen LogP contribution in [0.4, 0.5) is 0 Å². The monoisotopic (exact) mass is 308 g/mol. The highest BCUT2D eigenvalue weighted by Gasteiger charge is 2.16. The van der Waals surface area contributed by atoms with Crippen molar-refractivity contribution >= 4 is 23.2 Å². The van der Waals surface area contributed by atoms with Crippen LogP contribution in [-0.2, 0) is 11.3 Å². The molecule has 0 bridgehead atoms. The van der Waals surface area contributed by atoms with Gasteiger partial charge in [0.15, 0.2) is 5.69 Å². The van der Waals surface area contributed by atoms with Gasteiger partial charge in [-0.2, -0.15) is 0 Å². The van der Waals surface area contributed by atoms with Crippen LogP contribution < -0.4 is 0 Å². The molecule has 21 heavy (non-hydrogen) atoms. The summed E-state index contributed by atoms with van der Waals surface area (Å²) >= 11 is 1.62. The van der Waals surface area contributed by atoms with Gasteiger partial charge >= 0.3 is 5.97 Å². The largest absolute Gasteiger partial charge is 0.481 e. The Bertz CT molecular complexity index is 609. The highest BCUT2D eigenvalue weighted by Crippen LogP contribution is 2.10. The molecule has 0 atom stereocenters. The standard InChI is InChI=1S/C13H16N4O3S/c1-16(6-2-5-12(18)19)13(20)11-9-17(15-14-11)8-10-4-3-7-21-10/h3-4,7,9H,2,5-6,8H2,1H3,(H,18,19). The number of carboxylic acid groups (broad SMARTS) is 1. The molecule has 0 fully saturated rings. The Morgan fingerprint density at radius 1 is 1.48 bits per heavy atom. The smallest absolute Gasteiger partial charge is 0.303 e. The topological polar surface area (TPSA) is 88.3 Å². The number of carbonyl (C=O) groups excluding carboxylic acids is 1. The molecule has 0 aromatic carbocycles. The van der Waals surface area contributed by atoms with Crippen LogP contribution in [0.2, 0.25) is 0 Å². The van der Waals surface area contributed by atoms with Crippen molar-refractivity contribution in [1.29, 1.82) is 0 Å². The quantitative estimate of drug-likeness (QED) is 0.833. The summed E-state index contributed by atoms with van der Waals surface area (Å²) in [6.07, 6.45) is 2.07. The van der Waals surface area contributed by atoms with Crippen molar-refractivity contribution in [3.63, 3.8) is 0 Å². The maximum atomic E-state index is 12.1. The summed E-state index contributed by atoms with van der Waals surface area (Å²) in [5.41, 5.74) is 0.268. The van der Waals surface area contributed by atoms with E-state index in [-0.39, 0.29) is 18.0 Å². The third-order valence-electron chi connectivity index (χ3n) is 2.89. The van der Waals surface area contributed by atoms with E-state index in [1.807, 2.05) is 17.5 Å². The minimum Gasteiger partial charge on any atom is -0.481 e. The number of aliphatic carboxylic acids is 1. The van der Waals surface area contributed by atoms with Gasteiger partial charge in [-0.3, -0.25) is 9.59 Å². The number of amides is 1. The van der Waals surface area contributed by atoms with E-state index in [1.54, 1.807) is 29.3 Å². The summed E-state index contributed by atoms with van der Waals surface area (Å²) in [5, 5.41) is 18.4. The summed E-state index contributed by atoms with van der Waals surface area (Å²) in [6, 6.07) is 3.95. The average molecular weight is 308 g/mol. The Balaban J connectivity index is 1.90. The molecule has 1 N–H and O–H groups in total. The SMILES string of the molecule is CN(CCCC(=O)O)C(=O)c1cn(Cc2cccs2)nn1. The molecule has 0 spiro atoms. The second-order valence-electron chi connectivity index (χ2n) is 4.60. The molecule has 0 unspecified atom stereocenters. The van der Waals surface area contributed by atoms with E-state index in [4.69, 9.17) is 5.11 Å². The van der Waals surface area contributed by atoms with Crippen molar-refractivity contribution < 1.29 is 14.7 Å². The fourth-order valence-corrected chi connectivity index (χ4v) is 2.50. The fraction of sp³-hybridized carbons (Fsp3) is 0.385. The number of rotatable bonds is 7. The molecule has 0 saturated carbocycles. The van der Waals surface area contributed by atoms with Crippen molar-refractivity contribution in [3.05, 3.63) is 34.3 Å². The Kier molecular flexibility index (Phi) is 5.04. The van der Waals surface area contributed by atoms with Crippen LogP contribution in [-0.4, -0.2) is 50.5 Å². The second kappa shape index (κ2) is 6.98. The lowest BCUT2D eigenvalue weighted by Gasteiger charge is -2.14. The van der Waals surface area contributed by atoms with Crippen molar-refractivity contribution in [1.82, 2.24) is 19.9 Å². The van der Waals surface area contributed by atoms with E-state index < -0.39 is 5.97 Å². The highest BCUT2D eigenvalue weighted by atomic mass is 32.1. The molecule has 0 aliphatic rings. The number of carbonyl (C=O) groups is 2. The molecule has 0 saturated heterocycles. The number of aromatic nitrogens is 3. The molecule has 0 radical (unpaired) electrons. The molecule has 8 heteroatoms. The van der Waals surface area contributed by atoms with Crippen LogP contribution in [0.25, 0.3) is 0 Å². The van der Waals surface area contributed by atoms with Crippen LogP contribution >= 0.6 is 11.3 Å². The van der Waals surface area contributed by atoms with Gasteiger partial charge in [0, 0.05) is 24.9 Å². The first-order valence-corrected chi connectivity index (χ1v) is 7.34. The predicted molar refractivity (Wildman–Crippen MR) is 77.3 cm³/mol. The van der Waals surface area contributed by atoms with E-state index in [0.29, 0.717) is 19.5 Å². The molecule has 0 aliphatic heterocycles. The molecule has 112 valence electrons. The van der Waals surface area contributed by atoms with Gasteiger partial charge in [-0.15, -0.1) is 16.4 Å². The zero-order valence-electron chi connectivity index (χ0n) is 11.6. The van der Waals surface area contributed by atoms with E-state index >= 15 is 0 Å². The predicted octanol–water partition coefficient (Wildman–Crippen LogP) is 1.32. The molecule has 7 nitrogen and oxygen atoms in total. The van der Waals surface area contributed by atoms with E-state index in [1.165, 1.54) is 4.90 Å². The third-order valence-corrected chi connectivity index (χ3v) is 3.75. The van der Waals surface area contributed by atoms with Gasteiger partial charge < -0.3 is 10.0 Å². The molecule has 2 aromatic heterocycles. The van der Waals surface area contributed by atoms with Gasteiger partial charge in [-0.25, -0.2) is 4.68 Å². The van der Waals surface area contributed by atoms with Crippen LogP contribution in [0.5, 0.6) is 0 Å². The van der Waals surface area contributed by atoms with Gasteiger partial charge in [0.05, 0.1) is 12.7 Å². The molecule has 2 rings (SSSR count). The zero-order valence-corrected chi connectivity index (χ0v) is 12.4. The van der Waals surface area contributed by atoms with Crippen LogP contribution in [0.1, 0.15) is 28.2 Å². The second-order valence-corrected chi connectivity index (χ2v) is 5.64. The summed E-state index contributed by atoms with van der Waals surface area (Å²) in [6.45, 7) is 0.962. The van der Waals surface area contributed by atoms with Gasteiger partial charge in [0.25, 0.3) is 5.91 Å². The summed E-state index contributed by atoms with van der Waals surface area (Å²) in [5.74, 6) is -1.12. The summed E-state index contributed by atoms with van der Waals surface area (Å²) in [4.78, 5) is 25.1. The van der Waals surface area contributed by atoms with Gasteiger partial charge in [0.1, 0.15) is 0 Å². The Labute approximate surface area is 125 Å². The number of thiophene rings is 1. The maximum Gasteiger partial charge on any atom is 0.303 e. The number of hydrogen-bond donors (Lipinski definition) is 1. The number of hydrogen-bond acceptors (Lipinski definition) is 5. The van der Waals surface area contributed by atoms with Crippen LogP contribution in [0, 0.1) is 0 Å². The lowest BCUT2D eigenvalue weighted by atomic mass is 10.3. The van der Waals surface area contributed by atoms with Crippen LogP contribution in [0.3, 0.4) is 0 Å². The minimum atomic E-state index is -0.863. The summed E-state index contributed by atoms with van der Waals surface area (Å²) in [7, 11) is 1.63. The molecule has 2 aromatic rings. The maximum absolute atomic E-state index is 12.1. The van der Waals surface area contributed by atoms with Crippen molar-refractivity contribution in [2.45, 2.75) is 19.4 Å². The fourth-order valence-electron chi connectivity index (χ4n) is 1.80. The number of carboxylic acids is 1. The zero-order chi connectivity index (χ0) is 15.2. The molecule has 1 amide bonds. The van der Waals surface area contributed by atoms with Crippen molar-refractivity contribution in [3.8, 4) is 0 Å². The van der Waals surface area contributed by atoms with E-state index in [2.05, 4.69) is 10.3 Å². The normalized spacial score (nSPS) is 10.5. The molecule has 0 aliphatic carbocycles.